The third-order valence-corrected chi connectivity index (χ3v) is 4.65. The smallest absolute Gasteiger partial charge is 0.252 e. The molecular formula is C11H14INOS. The van der Waals surface area contributed by atoms with Crippen molar-refractivity contribution < 1.29 is 4.79 Å². The molecular weight excluding hydrogens is 321 g/mol. The highest BCUT2D eigenvalue weighted by Gasteiger charge is 2.23. The molecule has 1 fully saturated rings. The van der Waals surface area contributed by atoms with Gasteiger partial charge in [-0.05, 0) is 53.8 Å². The Labute approximate surface area is 108 Å². The van der Waals surface area contributed by atoms with Crippen LogP contribution in [0.15, 0.2) is 11.4 Å². The first-order chi connectivity index (χ1) is 7.15. The number of carbonyl (C=O) groups is 1. The average Bonchev–Trinajstić information content (AvgIpc) is 2.75. The predicted molar refractivity (Wildman–Crippen MR) is 71.3 cm³/mol. The predicted octanol–water partition coefficient (Wildman–Crippen LogP) is 3.27. The van der Waals surface area contributed by atoms with Gasteiger partial charge in [-0.15, -0.1) is 11.3 Å². The lowest BCUT2D eigenvalue weighted by molar-refractivity contribution is 0.0937. The van der Waals surface area contributed by atoms with Crippen LogP contribution in [0, 0.1) is 8.80 Å². The number of thiophene rings is 1. The number of amides is 1. The maximum Gasteiger partial charge on any atom is 0.252 e. The first-order valence-corrected chi connectivity index (χ1v) is 7.16. The van der Waals surface area contributed by atoms with Crippen molar-refractivity contribution in [2.75, 3.05) is 0 Å². The van der Waals surface area contributed by atoms with E-state index in [1.54, 1.807) is 11.3 Å². The van der Waals surface area contributed by atoms with Gasteiger partial charge >= 0.3 is 0 Å². The fourth-order valence-corrected chi connectivity index (χ4v) is 3.36. The number of hydrogen-bond donors (Lipinski definition) is 1. The lowest BCUT2D eigenvalue weighted by Gasteiger charge is -2.11. The van der Waals surface area contributed by atoms with Gasteiger partial charge in [-0.1, -0.05) is 6.92 Å². The van der Waals surface area contributed by atoms with Crippen LogP contribution in [-0.2, 0) is 0 Å². The van der Waals surface area contributed by atoms with Crippen molar-refractivity contribution in [3.63, 3.8) is 0 Å². The second-order valence-corrected chi connectivity index (χ2v) is 7.03. The third kappa shape index (κ3) is 2.93. The van der Waals surface area contributed by atoms with E-state index >= 15 is 0 Å². The molecule has 0 spiro atoms. The monoisotopic (exact) mass is 335 g/mol. The molecule has 2 unspecified atom stereocenters. The summed E-state index contributed by atoms with van der Waals surface area (Å²) in [6, 6.07) is 2.34. The Kier molecular flexibility index (Phi) is 3.66. The number of rotatable bonds is 2. The van der Waals surface area contributed by atoms with Crippen LogP contribution in [0.5, 0.6) is 0 Å². The van der Waals surface area contributed by atoms with Crippen molar-refractivity contribution in [3.8, 4) is 0 Å². The standard InChI is InChI=1S/C11H14INOS/c1-7-2-3-9(4-7)13-11(14)8-5-10(12)15-6-8/h5-7,9H,2-4H2,1H3,(H,13,14). The van der Waals surface area contributed by atoms with Gasteiger partial charge in [0, 0.05) is 11.4 Å². The van der Waals surface area contributed by atoms with Gasteiger partial charge in [0.15, 0.2) is 0 Å². The zero-order chi connectivity index (χ0) is 10.8. The van der Waals surface area contributed by atoms with Gasteiger partial charge in [0.1, 0.15) is 0 Å². The summed E-state index contributed by atoms with van der Waals surface area (Å²) in [7, 11) is 0. The van der Waals surface area contributed by atoms with E-state index < -0.39 is 0 Å². The highest BCUT2D eigenvalue weighted by Crippen LogP contribution is 2.25. The maximum atomic E-state index is 11.8. The average molecular weight is 335 g/mol. The third-order valence-electron chi connectivity index (χ3n) is 2.86. The van der Waals surface area contributed by atoms with Crippen LogP contribution in [0.4, 0.5) is 0 Å². The molecule has 2 rings (SSSR count). The second kappa shape index (κ2) is 4.82. The Bertz CT molecular complexity index is 363. The van der Waals surface area contributed by atoms with Gasteiger partial charge < -0.3 is 5.32 Å². The van der Waals surface area contributed by atoms with E-state index in [1.807, 2.05) is 11.4 Å². The Balaban J connectivity index is 1.92. The number of nitrogens with one attached hydrogen (secondary N) is 1. The molecule has 1 N–H and O–H groups in total. The molecule has 0 aromatic carbocycles. The van der Waals surface area contributed by atoms with Crippen molar-refractivity contribution in [2.24, 2.45) is 5.92 Å². The molecule has 0 saturated heterocycles. The minimum Gasteiger partial charge on any atom is -0.349 e. The van der Waals surface area contributed by atoms with Crippen LogP contribution in [-0.4, -0.2) is 11.9 Å². The Morgan fingerprint density at radius 1 is 1.60 bits per heavy atom. The SMILES string of the molecule is CC1CCC(NC(=O)c2csc(I)c2)C1. The second-order valence-electron chi connectivity index (χ2n) is 4.23. The molecule has 1 aliphatic rings. The Hall–Kier alpha value is -0.100. The fraction of sp³-hybridized carbons (Fsp3) is 0.545. The number of hydrogen-bond acceptors (Lipinski definition) is 2. The van der Waals surface area contributed by atoms with Crippen LogP contribution in [0.25, 0.3) is 0 Å². The van der Waals surface area contributed by atoms with Gasteiger partial charge in [-0.3, -0.25) is 4.79 Å². The highest BCUT2D eigenvalue weighted by atomic mass is 127. The van der Waals surface area contributed by atoms with E-state index in [-0.39, 0.29) is 5.91 Å². The molecule has 2 nitrogen and oxygen atoms in total. The molecule has 1 aromatic rings. The van der Waals surface area contributed by atoms with Crippen molar-refractivity contribution in [3.05, 3.63) is 19.9 Å². The van der Waals surface area contributed by atoms with E-state index in [2.05, 4.69) is 34.8 Å². The van der Waals surface area contributed by atoms with Gasteiger partial charge in [-0.2, -0.15) is 0 Å². The molecule has 1 saturated carbocycles. The summed E-state index contributed by atoms with van der Waals surface area (Å²) in [6.45, 7) is 2.25. The lowest BCUT2D eigenvalue weighted by Crippen LogP contribution is -2.32. The van der Waals surface area contributed by atoms with Crippen molar-refractivity contribution in [1.82, 2.24) is 5.32 Å². The molecule has 1 amide bonds. The molecule has 0 aliphatic heterocycles. The van der Waals surface area contributed by atoms with Gasteiger partial charge in [0.2, 0.25) is 0 Å². The molecule has 1 aromatic heterocycles. The summed E-state index contributed by atoms with van der Waals surface area (Å²) in [4.78, 5) is 11.8. The molecule has 1 aliphatic carbocycles. The molecule has 82 valence electrons. The molecule has 4 heteroatoms. The summed E-state index contributed by atoms with van der Waals surface area (Å²) < 4.78 is 1.16. The zero-order valence-electron chi connectivity index (χ0n) is 8.63. The first-order valence-electron chi connectivity index (χ1n) is 5.20. The maximum absolute atomic E-state index is 11.8. The Morgan fingerprint density at radius 2 is 2.40 bits per heavy atom. The lowest BCUT2D eigenvalue weighted by atomic mass is 10.1. The van der Waals surface area contributed by atoms with Crippen molar-refractivity contribution in [2.45, 2.75) is 32.2 Å². The van der Waals surface area contributed by atoms with E-state index in [4.69, 9.17) is 0 Å². The Morgan fingerprint density at radius 3 is 2.93 bits per heavy atom. The zero-order valence-corrected chi connectivity index (χ0v) is 11.6. The number of carbonyl (C=O) groups excluding carboxylic acids is 1. The van der Waals surface area contributed by atoms with Crippen LogP contribution >= 0.6 is 33.9 Å². The minimum atomic E-state index is 0.0910. The quantitative estimate of drug-likeness (QED) is 0.826. The fourth-order valence-electron chi connectivity index (χ4n) is 2.04. The van der Waals surface area contributed by atoms with Gasteiger partial charge in [0.25, 0.3) is 5.91 Å². The molecule has 0 bridgehead atoms. The van der Waals surface area contributed by atoms with Crippen molar-refractivity contribution in [1.29, 1.82) is 0 Å². The number of halogens is 1. The molecule has 2 atom stereocenters. The molecule has 0 radical (unpaired) electrons. The molecule has 1 heterocycles. The summed E-state index contributed by atoms with van der Waals surface area (Å²) in [5, 5.41) is 5.03. The van der Waals surface area contributed by atoms with Crippen LogP contribution in [0.3, 0.4) is 0 Å². The van der Waals surface area contributed by atoms with Crippen molar-refractivity contribution >= 4 is 39.8 Å². The summed E-state index contributed by atoms with van der Waals surface area (Å²) in [6.07, 6.45) is 3.51. The van der Waals surface area contributed by atoms with Crippen LogP contribution in [0.2, 0.25) is 0 Å². The topological polar surface area (TPSA) is 29.1 Å². The summed E-state index contributed by atoms with van der Waals surface area (Å²) in [5.41, 5.74) is 0.809. The normalized spacial score (nSPS) is 25.5. The van der Waals surface area contributed by atoms with E-state index in [0.29, 0.717) is 6.04 Å². The minimum absolute atomic E-state index is 0.0910. The van der Waals surface area contributed by atoms with E-state index in [1.165, 1.54) is 6.42 Å². The van der Waals surface area contributed by atoms with Gasteiger partial charge in [-0.25, -0.2) is 0 Å². The highest BCUT2D eigenvalue weighted by molar-refractivity contribution is 14.1. The van der Waals surface area contributed by atoms with Crippen LogP contribution < -0.4 is 5.32 Å². The largest absolute Gasteiger partial charge is 0.349 e. The van der Waals surface area contributed by atoms with Crippen LogP contribution in [0.1, 0.15) is 36.5 Å². The van der Waals surface area contributed by atoms with E-state index in [0.717, 1.165) is 27.2 Å². The summed E-state index contributed by atoms with van der Waals surface area (Å²) in [5.74, 6) is 0.853. The first kappa shape index (κ1) is 11.4. The van der Waals surface area contributed by atoms with Gasteiger partial charge in [0.05, 0.1) is 8.45 Å². The summed E-state index contributed by atoms with van der Waals surface area (Å²) >= 11 is 3.86. The molecule has 15 heavy (non-hydrogen) atoms. The van der Waals surface area contributed by atoms with E-state index in [9.17, 15) is 4.79 Å².